The second kappa shape index (κ2) is 52.5. The second-order valence-corrected chi connectivity index (χ2v) is 20.4. The maximum atomic E-state index is 13.0. The molecular formula is C64H111NO8. The highest BCUT2D eigenvalue weighted by Gasteiger charge is 2.44. The fraction of sp³-hybridized carbons (Fsp3) is 0.734. The van der Waals surface area contributed by atoms with Crippen LogP contribution in [0.4, 0.5) is 0 Å². The average Bonchev–Trinajstić information content (AvgIpc) is 3.39. The summed E-state index contributed by atoms with van der Waals surface area (Å²) in [5.74, 6) is -0.270. The third-order valence-electron chi connectivity index (χ3n) is 13.7. The van der Waals surface area contributed by atoms with Gasteiger partial charge in [-0.1, -0.05) is 265 Å². The minimum atomic E-state index is -1.59. The summed E-state index contributed by atoms with van der Waals surface area (Å²) < 4.78 is 11.2. The molecule has 0 aliphatic carbocycles. The van der Waals surface area contributed by atoms with Gasteiger partial charge in [0, 0.05) is 6.42 Å². The van der Waals surface area contributed by atoms with Crippen LogP contribution in [0.15, 0.2) is 97.2 Å². The molecule has 0 aromatic heterocycles. The predicted molar refractivity (Wildman–Crippen MR) is 308 cm³/mol. The van der Waals surface area contributed by atoms with Crippen LogP contribution in [0.25, 0.3) is 0 Å². The van der Waals surface area contributed by atoms with Crippen LogP contribution in [0.3, 0.4) is 0 Å². The van der Waals surface area contributed by atoms with E-state index in [1.54, 1.807) is 6.08 Å². The summed E-state index contributed by atoms with van der Waals surface area (Å²) in [6.45, 7) is 3.61. The third-order valence-corrected chi connectivity index (χ3v) is 13.7. The van der Waals surface area contributed by atoms with E-state index < -0.39 is 49.5 Å². The van der Waals surface area contributed by atoms with Crippen LogP contribution in [-0.4, -0.2) is 87.5 Å². The highest BCUT2D eigenvalue weighted by Crippen LogP contribution is 2.23. The number of rotatable bonds is 50. The van der Waals surface area contributed by atoms with Gasteiger partial charge in [0.2, 0.25) is 5.91 Å². The smallest absolute Gasteiger partial charge is 0.220 e. The van der Waals surface area contributed by atoms with Gasteiger partial charge in [-0.05, 0) is 70.6 Å². The third kappa shape index (κ3) is 42.0. The lowest BCUT2D eigenvalue weighted by atomic mass is 9.99. The number of allylic oxidation sites excluding steroid dienone is 15. The standard InChI is InChI=1S/C64H111NO8/c1-3-5-7-9-11-13-15-17-19-21-23-24-25-26-27-28-29-30-31-32-33-34-36-37-39-41-43-45-47-49-51-53-58(67)57(56-72-64-63(71)62(70)61(69)59(55-66)73-64)65-60(68)54-52-50-48-46-44-42-40-38-35-22-20-18-16-14-12-10-8-6-4-2/h6,8,12,14,18,20,35,38,42-45,48,50-51,53,57-59,61-64,66-67,69-71H,3-5,7,9-11,13,15-17,19,21-34,36-37,39-41,46-47,49,52,54-56H2,1-2H3,(H,65,68)/b8-6-,14-12-,20-18-,38-35-,44-42-,45-43+,50-48-,53-51+. The Morgan fingerprint density at radius 2 is 0.863 bits per heavy atom. The van der Waals surface area contributed by atoms with Gasteiger partial charge < -0.3 is 40.3 Å². The first-order valence-corrected chi connectivity index (χ1v) is 30.0. The minimum Gasteiger partial charge on any atom is -0.394 e. The zero-order valence-electron chi connectivity index (χ0n) is 46.6. The molecule has 1 fully saturated rings. The Balaban J connectivity index is 2.25. The summed E-state index contributed by atoms with van der Waals surface area (Å²) in [5.41, 5.74) is 0. The molecule has 1 aliphatic heterocycles. The first-order valence-electron chi connectivity index (χ1n) is 30.0. The average molecular weight is 1020 g/mol. The molecular weight excluding hydrogens is 911 g/mol. The van der Waals surface area contributed by atoms with E-state index in [1.165, 1.54) is 161 Å². The lowest BCUT2D eigenvalue weighted by Gasteiger charge is -2.40. The zero-order valence-corrected chi connectivity index (χ0v) is 46.6. The van der Waals surface area contributed by atoms with Gasteiger partial charge in [-0.15, -0.1) is 0 Å². The van der Waals surface area contributed by atoms with Crippen molar-refractivity contribution in [2.75, 3.05) is 13.2 Å². The number of aliphatic hydroxyl groups is 5. The lowest BCUT2D eigenvalue weighted by molar-refractivity contribution is -0.302. The Hall–Kier alpha value is -2.89. The Morgan fingerprint density at radius 3 is 1.30 bits per heavy atom. The van der Waals surface area contributed by atoms with E-state index >= 15 is 0 Å². The predicted octanol–water partition coefficient (Wildman–Crippen LogP) is 15.2. The normalized spacial score (nSPS) is 19.8. The molecule has 0 saturated carbocycles. The molecule has 7 unspecified atom stereocenters. The number of nitrogens with one attached hydrogen (secondary N) is 1. The first kappa shape index (κ1) is 68.1. The van der Waals surface area contributed by atoms with Crippen LogP contribution in [0.5, 0.6) is 0 Å². The number of ether oxygens (including phenoxy) is 2. The molecule has 1 rings (SSSR count). The number of amides is 1. The van der Waals surface area contributed by atoms with Crippen molar-refractivity contribution in [3.05, 3.63) is 97.2 Å². The Kier molecular flexibility index (Phi) is 49.0. The summed E-state index contributed by atoms with van der Waals surface area (Å²) in [6, 6.07) is -0.870. The quantitative estimate of drug-likeness (QED) is 0.0261. The molecule has 0 bridgehead atoms. The molecule has 9 heteroatoms. The van der Waals surface area contributed by atoms with Crippen molar-refractivity contribution < 1.29 is 39.8 Å². The van der Waals surface area contributed by atoms with Crippen molar-refractivity contribution in [3.63, 3.8) is 0 Å². The van der Waals surface area contributed by atoms with Crippen molar-refractivity contribution in [1.82, 2.24) is 5.32 Å². The van der Waals surface area contributed by atoms with Gasteiger partial charge in [0.1, 0.15) is 24.4 Å². The fourth-order valence-electron chi connectivity index (χ4n) is 8.96. The minimum absolute atomic E-state index is 0.208. The van der Waals surface area contributed by atoms with E-state index in [2.05, 4.69) is 92.1 Å². The SMILES string of the molecule is CC/C=C\C/C=C\C/C=C\C/C=C\C/C=C\C/C=C\CCC(=O)NC(COC1OC(CO)C(O)C(O)C1O)C(O)/C=C/CC/C=C/CCCCCCCCCCCCCCCCCCCCCCCCCCC. The van der Waals surface area contributed by atoms with E-state index in [0.717, 1.165) is 57.8 Å². The number of hydrogen-bond acceptors (Lipinski definition) is 8. The zero-order chi connectivity index (χ0) is 52.9. The summed E-state index contributed by atoms with van der Waals surface area (Å²) >= 11 is 0. The van der Waals surface area contributed by atoms with Gasteiger partial charge in [-0.25, -0.2) is 0 Å². The van der Waals surface area contributed by atoms with Crippen molar-refractivity contribution in [1.29, 1.82) is 0 Å². The number of hydrogen-bond donors (Lipinski definition) is 6. The highest BCUT2D eigenvalue weighted by atomic mass is 16.7. The van der Waals surface area contributed by atoms with Crippen LogP contribution < -0.4 is 5.32 Å². The van der Waals surface area contributed by atoms with Gasteiger partial charge in [0.25, 0.3) is 0 Å². The molecule has 0 radical (unpaired) electrons. The van der Waals surface area contributed by atoms with Crippen LogP contribution in [0.2, 0.25) is 0 Å². The maximum absolute atomic E-state index is 13.0. The van der Waals surface area contributed by atoms with E-state index in [1.807, 2.05) is 18.2 Å². The molecule has 6 N–H and O–H groups in total. The topological polar surface area (TPSA) is 149 Å². The summed E-state index contributed by atoms with van der Waals surface area (Å²) in [5, 5.41) is 54.4. The van der Waals surface area contributed by atoms with Crippen LogP contribution >= 0.6 is 0 Å². The van der Waals surface area contributed by atoms with Crippen molar-refractivity contribution >= 4 is 5.91 Å². The largest absolute Gasteiger partial charge is 0.394 e. The maximum Gasteiger partial charge on any atom is 0.220 e. The van der Waals surface area contributed by atoms with Crippen molar-refractivity contribution in [3.8, 4) is 0 Å². The first-order chi connectivity index (χ1) is 35.8. The fourth-order valence-corrected chi connectivity index (χ4v) is 8.96. The Morgan fingerprint density at radius 1 is 0.479 bits per heavy atom. The molecule has 420 valence electrons. The number of unbranched alkanes of at least 4 members (excludes halogenated alkanes) is 26. The van der Waals surface area contributed by atoms with E-state index in [-0.39, 0.29) is 18.9 Å². The highest BCUT2D eigenvalue weighted by molar-refractivity contribution is 5.76. The number of aliphatic hydroxyl groups excluding tert-OH is 5. The van der Waals surface area contributed by atoms with Crippen molar-refractivity contribution in [2.45, 2.75) is 288 Å². The molecule has 1 saturated heterocycles. The summed E-state index contributed by atoms with van der Waals surface area (Å²) in [4.78, 5) is 13.0. The molecule has 73 heavy (non-hydrogen) atoms. The summed E-state index contributed by atoms with van der Waals surface area (Å²) in [7, 11) is 0. The molecule has 1 heterocycles. The molecule has 0 spiro atoms. The lowest BCUT2D eigenvalue weighted by Crippen LogP contribution is -2.60. The summed E-state index contributed by atoms with van der Waals surface area (Å²) in [6.07, 6.45) is 69.4. The second-order valence-electron chi connectivity index (χ2n) is 20.4. The molecule has 1 amide bonds. The molecule has 0 aromatic rings. The molecule has 9 nitrogen and oxygen atoms in total. The van der Waals surface area contributed by atoms with Gasteiger partial charge in [-0.2, -0.15) is 0 Å². The molecule has 0 aromatic carbocycles. The Bertz CT molecular complexity index is 1460. The Labute approximate surface area is 447 Å². The monoisotopic (exact) mass is 1020 g/mol. The van der Waals surface area contributed by atoms with Gasteiger partial charge in [0.05, 0.1) is 25.4 Å². The van der Waals surface area contributed by atoms with Gasteiger partial charge >= 0.3 is 0 Å². The molecule has 1 aliphatic rings. The number of carbonyl (C=O) groups is 1. The van der Waals surface area contributed by atoms with Crippen LogP contribution in [0, 0.1) is 0 Å². The van der Waals surface area contributed by atoms with Crippen LogP contribution in [0.1, 0.15) is 245 Å². The van der Waals surface area contributed by atoms with Crippen molar-refractivity contribution in [2.24, 2.45) is 0 Å². The van der Waals surface area contributed by atoms with E-state index in [9.17, 15) is 30.3 Å². The van der Waals surface area contributed by atoms with Gasteiger partial charge in [0.15, 0.2) is 6.29 Å². The van der Waals surface area contributed by atoms with E-state index in [4.69, 9.17) is 9.47 Å². The van der Waals surface area contributed by atoms with E-state index in [0.29, 0.717) is 6.42 Å². The number of carbonyl (C=O) groups excluding carboxylic acids is 1. The molecule has 7 atom stereocenters. The van der Waals surface area contributed by atoms with Gasteiger partial charge in [-0.3, -0.25) is 4.79 Å². The van der Waals surface area contributed by atoms with Crippen LogP contribution in [-0.2, 0) is 14.3 Å².